The molecule has 1 saturated heterocycles. The molecule has 1 fully saturated rings. The lowest BCUT2D eigenvalue weighted by molar-refractivity contribution is -0.137. The molecule has 2 N–H and O–H groups in total. The summed E-state index contributed by atoms with van der Waals surface area (Å²) >= 11 is 0. The summed E-state index contributed by atoms with van der Waals surface area (Å²) < 4.78 is 0. The molecule has 1 amide bonds. The minimum absolute atomic E-state index is 0.105. The van der Waals surface area contributed by atoms with Crippen LogP contribution in [0.1, 0.15) is 45.6 Å². The van der Waals surface area contributed by atoms with Crippen LogP contribution in [0.25, 0.3) is 0 Å². The van der Waals surface area contributed by atoms with Gasteiger partial charge in [-0.2, -0.15) is 0 Å². The van der Waals surface area contributed by atoms with Crippen molar-refractivity contribution in [2.75, 3.05) is 26.2 Å². The molecule has 0 spiro atoms. The number of likely N-dealkylation sites (tertiary alicyclic amines) is 1. The quantitative estimate of drug-likeness (QED) is 0.797. The van der Waals surface area contributed by atoms with Crippen molar-refractivity contribution in [2.45, 2.75) is 52.1 Å². The molecule has 2 unspecified atom stereocenters. The van der Waals surface area contributed by atoms with Gasteiger partial charge in [0.25, 0.3) is 0 Å². The summed E-state index contributed by atoms with van der Waals surface area (Å²) in [5.74, 6) is 0.656. The molecular weight excluding hydrogens is 298 g/mol. The van der Waals surface area contributed by atoms with Gasteiger partial charge in [0.05, 0.1) is 5.54 Å². The topological polar surface area (TPSA) is 49.6 Å². The molecule has 134 valence electrons. The fraction of sp³-hybridized carbons (Fsp3) is 0.650. The summed E-state index contributed by atoms with van der Waals surface area (Å²) in [7, 11) is 0. The van der Waals surface area contributed by atoms with Crippen molar-refractivity contribution in [3.63, 3.8) is 0 Å². The predicted molar refractivity (Wildman–Crippen MR) is 99.6 cm³/mol. The van der Waals surface area contributed by atoms with Crippen LogP contribution in [0, 0.1) is 5.92 Å². The monoisotopic (exact) mass is 331 g/mol. The smallest absolute Gasteiger partial charge is 0.242 e. The summed E-state index contributed by atoms with van der Waals surface area (Å²) in [5, 5.41) is 0. The van der Waals surface area contributed by atoms with E-state index in [2.05, 4.69) is 49.1 Å². The number of nitrogens with two attached hydrogens (primary N) is 1. The normalized spacial score (nSPS) is 20.8. The first kappa shape index (κ1) is 18.9. The Morgan fingerprint density at radius 2 is 2.04 bits per heavy atom. The third-order valence-corrected chi connectivity index (χ3v) is 5.02. The number of likely N-dealkylation sites (N-methyl/N-ethyl adjacent to an activating group) is 1. The van der Waals surface area contributed by atoms with Crippen LogP contribution in [0.5, 0.6) is 0 Å². The van der Waals surface area contributed by atoms with E-state index in [1.165, 1.54) is 5.56 Å². The molecule has 0 radical (unpaired) electrons. The number of carbonyl (C=O) groups excluding carboxylic acids is 1. The van der Waals surface area contributed by atoms with E-state index in [0.29, 0.717) is 5.92 Å². The van der Waals surface area contributed by atoms with Crippen LogP contribution in [0.3, 0.4) is 0 Å². The van der Waals surface area contributed by atoms with Crippen molar-refractivity contribution >= 4 is 5.91 Å². The Kier molecular flexibility index (Phi) is 6.81. The fourth-order valence-electron chi connectivity index (χ4n) is 3.70. The number of amides is 1. The molecule has 0 aromatic heterocycles. The van der Waals surface area contributed by atoms with Gasteiger partial charge in [-0.3, -0.25) is 9.69 Å². The maximum atomic E-state index is 12.7. The lowest BCUT2D eigenvalue weighted by atomic mass is 9.95. The van der Waals surface area contributed by atoms with Gasteiger partial charge < -0.3 is 10.6 Å². The van der Waals surface area contributed by atoms with Crippen LogP contribution in [0.4, 0.5) is 0 Å². The van der Waals surface area contributed by atoms with Gasteiger partial charge in [-0.25, -0.2) is 0 Å². The van der Waals surface area contributed by atoms with E-state index in [9.17, 15) is 4.79 Å². The molecule has 2 atom stereocenters. The Labute approximate surface area is 147 Å². The maximum absolute atomic E-state index is 12.7. The van der Waals surface area contributed by atoms with Gasteiger partial charge in [0.1, 0.15) is 0 Å². The second-order valence-electron chi connectivity index (χ2n) is 7.39. The summed E-state index contributed by atoms with van der Waals surface area (Å²) in [5.41, 5.74) is 6.88. The zero-order valence-electron chi connectivity index (χ0n) is 15.5. The molecule has 4 nitrogen and oxygen atoms in total. The fourth-order valence-corrected chi connectivity index (χ4v) is 3.70. The minimum atomic E-state index is -0.729. The molecule has 0 aliphatic carbocycles. The molecule has 24 heavy (non-hydrogen) atoms. The number of carbonyl (C=O) groups is 1. The van der Waals surface area contributed by atoms with Crippen LogP contribution in [-0.2, 0) is 11.3 Å². The number of benzene rings is 1. The third kappa shape index (κ3) is 5.05. The molecule has 1 aromatic carbocycles. The van der Waals surface area contributed by atoms with E-state index in [1.54, 1.807) is 0 Å². The summed E-state index contributed by atoms with van der Waals surface area (Å²) in [6.45, 7) is 10.7. The van der Waals surface area contributed by atoms with Gasteiger partial charge in [-0.1, -0.05) is 43.7 Å². The summed E-state index contributed by atoms with van der Waals surface area (Å²) in [6.07, 6.45) is 2.84. The first-order valence-corrected chi connectivity index (χ1v) is 9.30. The van der Waals surface area contributed by atoms with Crippen LogP contribution in [0.2, 0.25) is 0 Å². The average Bonchev–Trinajstić information content (AvgIpc) is 3.00. The van der Waals surface area contributed by atoms with Crippen molar-refractivity contribution in [3.8, 4) is 0 Å². The van der Waals surface area contributed by atoms with Gasteiger partial charge >= 0.3 is 0 Å². The zero-order valence-corrected chi connectivity index (χ0v) is 15.5. The molecule has 0 bridgehead atoms. The second-order valence-corrected chi connectivity index (χ2v) is 7.39. The van der Waals surface area contributed by atoms with Crippen molar-refractivity contribution in [2.24, 2.45) is 11.7 Å². The summed E-state index contributed by atoms with van der Waals surface area (Å²) in [4.78, 5) is 17.2. The number of hydrogen-bond donors (Lipinski definition) is 1. The maximum Gasteiger partial charge on any atom is 0.242 e. The van der Waals surface area contributed by atoms with Crippen molar-refractivity contribution in [3.05, 3.63) is 35.9 Å². The van der Waals surface area contributed by atoms with Crippen LogP contribution in [-0.4, -0.2) is 47.4 Å². The SMILES string of the molecule is CCCC(C)(N)C(=O)N(CC)CC1CCN(Cc2ccccc2)C1. The predicted octanol–water partition coefficient (Wildman–Crippen LogP) is 2.87. The summed E-state index contributed by atoms with van der Waals surface area (Å²) in [6, 6.07) is 10.6. The van der Waals surface area contributed by atoms with E-state index >= 15 is 0 Å². The van der Waals surface area contributed by atoms with E-state index in [4.69, 9.17) is 5.73 Å². The molecule has 1 aromatic rings. The molecule has 0 saturated carbocycles. The first-order valence-electron chi connectivity index (χ1n) is 9.30. The van der Waals surface area contributed by atoms with E-state index < -0.39 is 5.54 Å². The Balaban J connectivity index is 1.87. The Hall–Kier alpha value is -1.39. The first-order chi connectivity index (χ1) is 11.5. The highest BCUT2D eigenvalue weighted by Gasteiger charge is 2.33. The molecule has 1 aliphatic rings. The van der Waals surface area contributed by atoms with E-state index in [-0.39, 0.29) is 5.91 Å². The molecule has 4 heteroatoms. The zero-order chi connectivity index (χ0) is 17.6. The highest BCUT2D eigenvalue weighted by atomic mass is 16.2. The van der Waals surface area contributed by atoms with Crippen LogP contribution >= 0.6 is 0 Å². The number of hydrogen-bond acceptors (Lipinski definition) is 3. The van der Waals surface area contributed by atoms with Gasteiger partial charge in [0.2, 0.25) is 5.91 Å². The van der Waals surface area contributed by atoms with E-state index in [1.807, 2.05) is 11.8 Å². The number of rotatable bonds is 8. The third-order valence-electron chi connectivity index (χ3n) is 5.02. The van der Waals surface area contributed by atoms with E-state index in [0.717, 1.165) is 52.0 Å². The standard InChI is InChI=1S/C20H33N3O/c1-4-12-20(3,21)19(24)23(5-2)16-18-11-13-22(15-18)14-17-9-7-6-8-10-17/h6-10,18H,4-5,11-16,21H2,1-3H3. The average molecular weight is 332 g/mol. The Bertz CT molecular complexity index is 515. The second kappa shape index (κ2) is 8.63. The highest BCUT2D eigenvalue weighted by Crippen LogP contribution is 2.21. The largest absolute Gasteiger partial charge is 0.341 e. The van der Waals surface area contributed by atoms with Crippen molar-refractivity contribution in [1.29, 1.82) is 0 Å². The molecule has 1 aliphatic heterocycles. The minimum Gasteiger partial charge on any atom is -0.341 e. The van der Waals surface area contributed by atoms with Crippen molar-refractivity contribution < 1.29 is 4.79 Å². The molecule has 2 rings (SSSR count). The lowest BCUT2D eigenvalue weighted by Gasteiger charge is -2.32. The highest BCUT2D eigenvalue weighted by molar-refractivity contribution is 5.85. The number of nitrogens with zero attached hydrogens (tertiary/aromatic N) is 2. The van der Waals surface area contributed by atoms with Crippen molar-refractivity contribution in [1.82, 2.24) is 9.80 Å². The van der Waals surface area contributed by atoms with Crippen LogP contribution < -0.4 is 5.73 Å². The van der Waals surface area contributed by atoms with Gasteiger partial charge in [0, 0.05) is 26.2 Å². The molecular formula is C20H33N3O. The van der Waals surface area contributed by atoms with Gasteiger partial charge in [-0.15, -0.1) is 0 Å². The van der Waals surface area contributed by atoms with Gasteiger partial charge in [0.15, 0.2) is 0 Å². The Morgan fingerprint density at radius 1 is 1.33 bits per heavy atom. The van der Waals surface area contributed by atoms with Crippen LogP contribution in [0.15, 0.2) is 30.3 Å². The van der Waals surface area contributed by atoms with Gasteiger partial charge in [-0.05, 0) is 44.7 Å². The Morgan fingerprint density at radius 3 is 2.67 bits per heavy atom. The molecule has 1 heterocycles. The lowest BCUT2D eigenvalue weighted by Crippen LogP contribution is -2.54.